The summed E-state index contributed by atoms with van der Waals surface area (Å²) in [6, 6.07) is 27.9. The molecular weight excluding hydrogens is 611 g/mol. The molecule has 248 valence electrons. The molecule has 0 unspecified atom stereocenters. The lowest BCUT2D eigenvalue weighted by Crippen LogP contribution is -2.53. The highest BCUT2D eigenvalue weighted by atomic mass is 32.2. The summed E-state index contributed by atoms with van der Waals surface area (Å²) in [5.41, 5.74) is 4.63. The number of hydrogen-bond acceptors (Lipinski definition) is 5. The van der Waals surface area contributed by atoms with E-state index in [1.807, 2.05) is 95.3 Å². The van der Waals surface area contributed by atoms with Crippen LogP contribution in [0.25, 0.3) is 0 Å². The highest BCUT2D eigenvalue weighted by Crippen LogP contribution is 2.27. The van der Waals surface area contributed by atoms with Gasteiger partial charge in [0.15, 0.2) is 0 Å². The van der Waals surface area contributed by atoms with E-state index in [4.69, 9.17) is 4.74 Å². The van der Waals surface area contributed by atoms with Crippen LogP contribution in [0.1, 0.15) is 41.7 Å². The molecule has 0 saturated heterocycles. The van der Waals surface area contributed by atoms with Gasteiger partial charge in [-0.05, 0) is 85.3 Å². The molecule has 0 aromatic heterocycles. The summed E-state index contributed by atoms with van der Waals surface area (Å²) in [6.45, 7) is 9.65. The number of aryl methyl sites for hydroxylation is 3. The normalized spacial score (nSPS) is 12.0. The fraction of sp³-hybridized carbons (Fsp3) is 0.316. The van der Waals surface area contributed by atoms with Crippen molar-refractivity contribution in [2.75, 3.05) is 24.5 Å². The molecule has 0 spiro atoms. The van der Waals surface area contributed by atoms with Gasteiger partial charge >= 0.3 is 0 Å². The summed E-state index contributed by atoms with van der Waals surface area (Å²) >= 11 is 0. The Morgan fingerprint density at radius 3 is 2.04 bits per heavy atom. The van der Waals surface area contributed by atoms with Gasteiger partial charge in [0.1, 0.15) is 18.3 Å². The van der Waals surface area contributed by atoms with Gasteiger partial charge in [0.2, 0.25) is 11.8 Å². The van der Waals surface area contributed by atoms with Gasteiger partial charge in [-0.15, -0.1) is 0 Å². The Hall–Kier alpha value is -4.63. The van der Waals surface area contributed by atoms with E-state index in [2.05, 4.69) is 5.32 Å². The maximum atomic E-state index is 14.7. The van der Waals surface area contributed by atoms with E-state index >= 15 is 0 Å². The quantitative estimate of drug-likeness (QED) is 0.174. The summed E-state index contributed by atoms with van der Waals surface area (Å²) in [6.07, 6.45) is 0.245. The Morgan fingerprint density at radius 1 is 0.787 bits per heavy atom. The van der Waals surface area contributed by atoms with Gasteiger partial charge in [-0.25, -0.2) is 8.42 Å². The van der Waals surface area contributed by atoms with Gasteiger partial charge in [0, 0.05) is 19.5 Å². The SMILES string of the molecule is COc1cccc(CN(C(=O)CN(c2cc(C)cc(C)c2)S(=O)(=O)c2ccc(C)cc2)[C@@H](Cc2ccccc2)C(=O)NCC(C)C)c1. The smallest absolute Gasteiger partial charge is 0.264 e. The predicted octanol–water partition coefficient (Wildman–Crippen LogP) is 6.23. The lowest BCUT2D eigenvalue weighted by molar-refractivity contribution is -0.140. The summed E-state index contributed by atoms with van der Waals surface area (Å²) in [5, 5.41) is 3.02. The van der Waals surface area contributed by atoms with E-state index < -0.39 is 28.5 Å². The average molecular weight is 656 g/mol. The fourth-order valence-corrected chi connectivity index (χ4v) is 6.80. The van der Waals surface area contributed by atoms with E-state index in [1.165, 1.54) is 4.90 Å². The highest BCUT2D eigenvalue weighted by Gasteiger charge is 2.35. The topological polar surface area (TPSA) is 96.0 Å². The molecule has 1 atom stereocenters. The minimum atomic E-state index is -4.18. The monoisotopic (exact) mass is 655 g/mol. The number of nitrogens with one attached hydrogen (secondary N) is 1. The highest BCUT2D eigenvalue weighted by molar-refractivity contribution is 7.92. The third-order valence-electron chi connectivity index (χ3n) is 7.82. The summed E-state index contributed by atoms with van der Waals surface area (Å²) in [5.74, 6) is -0.0161. The number of carbonyl (C=O) groups excluding carboxylic acids is 2. The van der Waals surface area contributed by atoms with Crippen molar-refractivity contribution in [1.29, 1.82) is 0 Å². The van der Waals surface area contributed by atoms with Crippen molar-refractivity contribution in [2.24, 2.45) is 5.92 Å². The molecule has 0 radical (unpaired) electrons. The molecule has 0 aliphatic heterocycles. The van der Waals surface area contributed by atoms with Gasteiger partial charge in [-0.3, -0.25) is 13.9 Å². The summed E-state index contributed by atoms with van der Waals surface area (Å²) in [7, 11) is -2.61. The average Bonchev–Trinajstić information content (AvgIpc) is 3.04. The molecule has 0 fully saturated rings. The van der Waals surface area contributed by atoms with Crippen molar-refractivity contribution < 1.29 is 22.7 Å². The molecule has 4 aromatic carbocycles. The first-order valence-corrected chi connectivity index (χ1v) is 17.2. The van der Waals surface area contributed by atoms with Crippen molar-refractivity contribution in [2.45, 2.75) is 58.5 Å². The van der Waals surface area contributed by atoms with E-state index in [-0.39, 0.29) is 29.7 Å². The maximum Gasteiger partial charge on any atom is 0.264 e. The second-order valence-corrected chi connectivity index (χ2v) is 14.3. The zero-order chi connectivity index (χ0) is 34.1. The molecule has 0 aliphatic carbocycles. The molecule has 0 saturated carbocycles. The van der Waals surface area contributed by atoms with Gasteiger partial charge in [-0.2, -0.15) is 0 Å². The molecule has 8 nitrogen and oxygen atoms in total. The van der Waals surface area contributed by atoms with Gasteiger partial charge in [-0.1, -0.05) is 80.1 Å². The Balaban J connectivity index is 1.83. The van der Waals surface area contributed by atoms with Gasteiger partial charge in [0.25, 0.3) is 10.0 Å². The molecule has 0 heterocycles. The predicted molar refractivity (Wildman–Crippen MR) is 187 cm³/mol. The van der Waals surface area contributed by atoms with Crippen LogP contribution in [-0.4, -0.2) is 51.4 Å². The molecule has 1 N–H and O–H groups in total. The summed E-state index contributed by atoms with van der Waals surface area (Å²) < 4.78 is 35.2. The minimum absolute atomic E-state index is 0.0634. The lowest BCUT2D eigenvalue weighted by atomic mass is 10.0. The van der Waals surface area contributed by atoms with Crippen LogP contribution < -0.4 is 14.4 Å². The van der Waals surface area contributed by atoms with Crippen molar-refractivity contribution in [1.82, 2.24) is 10.2 Å². The van der Waals surface area contributed by atoms with Crippen LogP contribution in [0.4, 0.5) is 5.69 Å². The molecule has 4 rings (SSSR count). The Bertz CT molecular complexity index is 1750. The fourth-order valence-electron chi connectivity index (χ4n) is 5.40. The van der Waals surface area contributed by atoms with E-state index in [9.17, 15) is 18.0 Å². The number of ether oxygens (including phenoxy) is 1. The second-order valence-electron chi connectivity index (χ2n) is 12.4. The number of carbonyl (C=O) groups is 2. The zero-order valence-electron chi connectivity index (χ0n) is 28.1. The van der Waals surface area contributed by atoms with Crippen LogP contribution in [0.15, 0.2) is 102 Å². The van der Waals surface area contributed by atoms with Gasteiger partial charge in [0.05, 0.1) is 17.7 Å². The van der Waals surface area contributed by atoms with E-state index in [0.29, 0.717) is 18.0 Å². The van der Waals surface area contributed by atoms with Crippen LogP contribution in [0, 0.1) is 26.7 Å². The van der Waals surface area contributed by atoms with Crippen LogP contribution in [-0.2, 0) is 32.6 Å². The molecule has 2 amide bonds. The minimum Gasteiger partial charge on any atom is -0.497 e. The number of anilines is 1. The van der Waals surface area contributed by atoms with Crippen LogP contribution in [0.2, 0.25) is 0 Å². The first kappa shape index (κ1) is 35.2. The molecule has 0 aliphatic rings. The number of rotatable bonds is 14. The number of sulfonamides is 1. The summed E-state index contributed by atoms with van der Waals surface area (Å²) in [4.78, 5) is 30.2. The number of hydrogen-bond donors (Lipinski definition) is 1. The van der Waals surface area contributed by atoms with Crippen LogP contribution in [0.3, 0.4) is 0 Å². The molecule has 4 aromatic rings. The molecular formula is C38H45N3O5S. The number of methoxy groups -OCH3 is 1. The Labute approximate surface area is 279 Å². The number of benzene rings is 4. The molecule has 0 bridgehead atoms. The number of amides is 2. The second kappa shape index (κ2) is 15.8. The lowest BCUT2D eigenvalue weighted by Gasteiger charge is -2.34. The standard InChI is InChI=1S/C38H45N3O5S/c1-27(2)24-39-38(43)36(23-31-11-8-7-9-12-31)40(25-32-13-10-14-34(22-32)46-6)37(42)26-41(33-20-29(4)19-30(5)21-33)47(44,45)35-17-15-28(3)16-18-35/h7-22,27,36H,23-26H2,1-6H3,(H,39,43)/t36-/m0/s1. The Kier molecular flexibility index (Phi) is 11.8. The maximum absolute atomic E-state index is 14.7. The van der Waals surface area contributed by atoms with Crippen molar-refractivity contribution in [3.05, 3.63) is 125 Å². The van der Waals surface area contributed by atoms with Crippen molar-refractivity contribution in [3.63, 3.8) is 0 Å². The van der Waals surface area contributed by atoms with Crippen molar-refractivity contribution in [3.8, 4) is 5.75 Å². The first-order valence-electron chi connectivity index (χ1n) is 15.8. The van der Waals surface area contributed by atoms with Gasteiger partial charge < -0.3 is 15.0 Å². The molecule has 47 heavy (non-hydrogen) atoms. The van der Waals surface area contributed by atoms with Crippen LogP contribution >= 0.6 is 0 Å². The van der Waals surface area contributed by atoms with E-state index in [1.54, 1.807) is 43.5 Å². The Morgan fingerprint density at radius 2 is 1.43 bits per heavy atom. The number of nitrogens with zero attached hydrogens (tertiary/aromatic N) is 2. The molecule has 9 heteroatoms. The van der Waals surface area contributed by atoms with Crippen molar-refractivity contribution >= 4 is 27.5 Å². The largest absolute Gasteiger partial charge is 0.497 e. The van der Waals surface area contributed by atoms with E-state index in [0.717, 1.165) is 32.1 Å². The third kappa shape index (κ3) is 9.45. The van der Waals surface area contributed by atoms with Crippen LogP contribution in [0.5, 0.6) is 5.75 Å². The first-order chi connectivity index (χ1) is 22.4. The zero-order valence-corrected chi connectivity index (χ0v) is 28.9. The third-order valence-corrected chi connectivity index (χ3v) is 9.61.